The lowest BCUT2D eigenvalue weighted by molar-refractivity contribution is -0.193. The minimum absolute atomic E-state index is 0.540. The molecule has 4 rings (SSSR count). The molecule has 0 saturated carbocycles. The number of nitrogens with zero attached hydrogens (tertiary/aromatic N) is 3. The zero-order valence-corrected chi connectivity index (χ0v) is 24.7. The molecule has 10 nitrogen and oxygen atoms in total. The van der Waals surface area contributed by atoms with Gasteiger partial charge in [-0.2, -0.15) is 39.5 Å². The number of likely N-dealkylation sites (tertiary alicyclic amines) is 2. The summed E-state index contributed by atoms with van der Waals surface area (Å²) >= 11 is 0. The number of methoxy groups -OCH3 is 1. The number of rotatable bonds is 5. The minimum Gasteiger partial charge on any atom is -0.497 e. The van der Waals surface area contributed by atoms with E-state index in [1.807, 2.05) is 18.5 Å². The Labute approximate surface area is 262 Å². The molecule has 0 atom stereocenters. The number of halogens is 9. The van der Waals surface area contributed by atoms with E-state index in [0.717, 1.165) is 18.8 Å². The Hall–Kier alpha value is -4.13. The maximum absolute atomic E-state index is 10.6. The van der Waals surface area contributed by atoms with Crippen LogP contribution < -0.4 is 4.74 Å². The van der Waals surface area contributed by atoms with Crippen molar-refractivity contribution in [1.29, 1.82) is 0 Å². The smallest absolute Gasteiger partial charge is 0.490 e. The number of aromatic nitrogens is 1. The van der Waals surface area contributed by atoms with Crippen LogP contribution in [0.15, 0.2) is 48.8 Å². The van der Waals surface area contributed by atoms with E-state index in [1.54, 1.807) is 7.11 Å². The molecule has 2 aliphatic heterocycles. The maximum atomic E-state index is 10.6. The lowest BCUT2D eigenvalue weighted by Crippen LogP contribution is -2.41. The molecule has 0 bridgehead atoms. The molecule has 2 aliphatic rings. The van der Waals surface area contributed by atoms with Crippen LogP contribution in [0.1, 0.15) is 30.4 Å². The summed E-state index contributed by atoms with van der Waals surface area (Å²) in [6.07, 6.45) is -7.45. The fourth-order valence-corrected chi connectivity index (χ4v) is 4.53. The Balaban J connectivity index is 0.000000430. The van der Waals surface area contributed by atoms with Gasteiger partial charge in [-0.3, -0.25) is 14.8 Å². The zero-order valence-electron chi connectivity index (χ0n) is 24.7. The van der Waals surface area contributed by atoms with E-state index in [4.69, 9.17) is 34.4 Å². The molecule has 0 aliphatic carbocycles. The number of aliphatic carboxylic acids is 3. The van der Waals surface area contributed by atoms with Gasteiger partial charge in [-0.15, -0.1) is 0 Å². The van der Waals surface area contributed by atoms with Gasteiger partial charge in [-0.25, -0.2) is 14.4 Å². The summed E-state index contributed by atoms with van der Waals surface area (Å²) in [6.45, 7) is 7.01. The van der Waals surface area contributed by atoms with Crippen LogP contribution in [-0.2, 0) is 27.5 Å². The second-order valence-electron chi connectivity index (χ2n) is 10.4. The van der Waals surface area contributed by atoms with Gasteiger partial charge < -0.3 is 20.1 Å². The first kappa shape index (κ1) is 40.9. The lowest BCUT2D eigenvalue weighted by atomic mass is 9.77. The monoisotopic (exact) mass is 693 g/mol. The first-order valence-electron chi connectivity index (χ1n) is 13.4. The third kappa shape index (κ3) is 15.8. The number of hydrogen-bond donors (Lipinski definition) is 3. The van der Waals surface area contributed by atoms with Crippen LogP contribution in [0.3, 0.4) is 0 Å². The van der Waals surface area contributed by atoms with Gasteiger partial charge in [0.2, 0.25) is 0 Å². The van der Waals surface area contributed by atoms with Crippen LogP contribution in [-0.4, -0.2) is 99.8 Å². The first-order valence-corrected chi connectivity index (χ1v) is 13.4. The van der Waals surface area contributed by atoms with Gasteiger partial charge in [0.15, 0.2) is 0 Å². The third-order valence-corrected chi connectivity index (χ3v) is 6.86. The van der Waals surface area contributed by atoms with Crippen molar-refractivity contribution in [3.8, 4) is 5.75 Å². The molecule has 0 unspecified atom stereocenters. The van der Waals surface area contributed by atoms with E-state index in [1.165, 1.54) is 56.6 Å². The number of alkyl halides is 9. The molecule has 1 aromatic heterocycles. The average Bonchev–Trinajstić information content (AvgIpc) is 3.36. The molecule has 264 valence electrons. The fraction of sp³-hybridized carbons (Fsp3) is 0.500. The zero-order chi connectivity index (χ0) is 36.1. The summed E-state index contributed by atoms with van der Waals surface area (Å²) in [4.78, 5) is 36.0. The molecule has 3 N–H and O–H groups in total. The molecule has 47 heavy (non-hydrogen) atoms. The molecule has 2 saturated heterocycles. The SMILES string of the molecule is COc1cccc(CN2CCC3(CC2)CCN(Cc2ccncc2)C3)c1.O=C(O)C(F)(F)F.O=C(O)C(F)(F)F.O=C(O)C(F)(F)F. The maximum Gasteiger partial charge on any atom is 0.490 e. The molecule has 2 fully saturated rings. The number of pyridine rings is 1. The van der Waals surface area contributed by atoms with Crippen LogP contribution in [0.4, 0.5) is 39.5 Å². The molecular weight excluding hydrogens is 661 g/mol. The summed E-state index contributed by atoms with van der Waals surface area (Å²) in [5.41, 5.74) is 3.27. The predicted octanol–water partition coefficient (Wildman–Crippen LogP) is 5.48. The molecule has 1 spiro atoms. The summed E-state index contributed by atoms with van der Waals surface area (Å²) in [6, 6.07) is 12.8. The van der Waals surface area contributed by atoms with E-state index >= 15 is 0 Å². The largest absolute Gasteiger partial charge is 0.497 e. The normalized spacial score (nSPS) is 16.4. The van der Waals surface area contributed by atoms with Gasteiger partial charge in [0, 0.05) is 32.0 Å². The Morgan fingerprint density at radius 3 is 1.53 bits per heavy atom. The third-order valence-electron chi connectivity index (χ3n) is 6.86. The number of benzene rings is 1. The summed E-state index contributed by atoms with van der Waals surface area (Å²) < 4.78 is 101. The highest BCUT2D eigenvalue weighted by Gasteiger charge is 2.41. The van der Waals surface area contributed by atoms with Gasteiger partial charge in [-0.1, -0.05) is 12.1 Å². The van der Waals surface area contributed by atoms with Gasteiger partial charge >= 0.3 is 36.4 Å². The van der Waals surface area contributed by atoms with E-state index < -0.39 is 36.4 Å². The van der Waals surface area contributed by atoms with Crippen molar-refractivity contribution in [2.24, 2.45) is 5.41 Å². The molecule has 1 aromatic carbocycles. The van der Waals surface area contributed by atoms with Crippen molar-refractivity contribution >= 4 is 17.9 Å². The average molecular weight is 694 g/mol. The van der Waals surface area contributed by atoms with E-state index in [9.17, 15) is 39.5 Å². The molecular formula is C28H32F9N3O7. The van der Waals surface area contributed by atoms with Crippen molar-refractivity contribution in [2.75, 3.05) is 33.3 Å². The van der Waals surface area contributed by atoms with Crippen molar-refractivity contribution in [2.45, 2.75) is 50.9 Å². The predicted molar refractivity (Wildman–Crippen MR) is 145 cm³/mol. The highest BCUT2D eigenvalue weighted by Crippen LogP contribution is 2.41. The molecule has 0 radical (unpaired) electrons. The van der Waals surface area contributed by atoms with Gasteiger partial charge in [0.05, 0.1) is 7.11 Å². The number of carboxylic acids is 3. The van der Waals surface area contributed by atoms with Crippen LogP contribution in [0.5, 0.6) is 5.75 Å². The quantitative estimate of drug-likeness (QED) is 0.345. The Morgan fingerprint density at radius 1 is 0.723 bits per heavy atom. The van der Waals surface area contributed by atoms with Crippen molar-refractivity contribution < 1.29 is 74.0 Å². The van der Waals surface area contributed by atoms with Gasteiger partial charge in [-0.05, 0) is 79.7 Å². The van der Waals surface area contributed by atoms with Crippen molar-refractivity contribution in [3.63, 3.8) is 0 Å². The Kier molecular flexibility index (Phi) is 15.4. The highest BCUT2D eigenvalue weighted by atomic mass is 19.4. The van der Waals surface area contributed by atoms with E-state index in [-0.39, 0.29) is 0 Å². The fourth-order valence-electron chi connectivity index (χ4n) is 4.53. The highest BCUT2D eigenvalue weighted by molar-refractivity contribution is 5.73. The van der Waals surface area contributed by atoms with Crippen LogP contribution >= 0.6 is 0 Å². The summed E-state index contributed by atoms with van der Waals surface area (Å²) in [7, 11) is 1.74. The standard InChI is InChI=1S/C22H29N3O.3C2HF3O2/c1-26-21-4-2-3-20(15-21)17-24-12-7-22(8-13-24)9-14-25(18-22)16-19-5-10-23-11-6-19;3*3-2(4,5)1(6)7/h2-6,10-11,15H,7-9,12-14,16-18H2,1H3;3*(H,6,7). The first-order chi connectivity index (χ1) is 21.6. The molecule has 3 heterocycles. The molecule has 0 amide bonds. The molecule has 19 heteroatoms. The lowest BCUT2D eigenvalue weighted by Gasteiger charge is -2.39. The number of carbonyl (C=O) groups is 3. The summed E-state index contributed by atoms with van der Waals surface area (Å²) in [5.74, 6) is -7.31. The Morgan fingerprint density at radius 2 is 1.13 bits per heavy atom. The van der Waals surface area contributed by atoms with Gasteiger partial charge in [0.1, 0.15) is 5.75 Å². The number of carboxylic acid groups (broad SMARTS) is 3. The van der Waals surface area contributed by atoms with E-state index in [0.29, 0.717) is 5.41 Å². The second kappa shape index (κ2) is 17.7. The van der Waals surface area contributed by atoms with Crippen molar-refractivity contribution in [1.82, 2.24) is 14.8 Å². The van der Waals surface area contributed by atoms with Crippen LogP contribution in [0.2, 0.25) is 0 Å². The number of piperidine rings is 1. The number of hydrogen-bond acceptors (Lipinski definition) is 7. The molecule has 2 aromatic rings. The van der Waals surface area contributed by atoms with Crippen LogP contribution in [0, 0.1) is 5.41 Å². The number of ether oxygens (including phenoxy) is 1. The van der Waals surface area contributed by atoms with E-state index in [2.05, 4.69) is 45.1 Å². The summed E-state index contributed by atoms with van der Waals surface area (Å²) in [5, 5.41) is 21.4. The topological polar surface area (TPSA) is 140 Å². The van der Waals surface area contributed by atoms with Gasteiger partial charge in [0.25, 0.3) is 0 Å². The second-order valence-corrected chi connectivity index (χ2v) is 10.4. The van der Waals surface area contributed by atoms with Crippen molar-refractivity contribution in [3.05, 3.63) is 59.9 Å². The Bertz CT molecular complexity index is 1230. The van der Waals surface area contributed by atoms with Crippen LogP contribution in [0.25, 0.3) is 0 Å². The minimum atomic E-state index is -5.08.